The zero-order chi connectivity index (χ0) is 22.8. The zero-order valence-electron chi connectivity index (χ0n) is 18.4. The lowest BCUT2D eigenvalue weighted by molar-refractivity contribution is 0.414. The molecule has 0 radical (unpaired) electrons. The van der Waals surface area contributed by atoms with E-state index >= 15 is 0 Å². The zero-order valence-corrected chi connectivity index (χ0v) is 20.0. The summed E-state index contributed by atoms with van der Waals surface area (Å²) in [6.45, 7) is 1.31. The van der Waals surface area contributed by atoms with Gasteiger partial charge in [0.1, 0.15) is 22.8 Å². The van der Waals surface area contributed by atoms with Gasteiger partial charge >= 0.3 is 0 Å². The summed E-state index contributed by atoms with van der Waals surface area (Å²) in [5.74, 6) is 2.50. The van der Waals surface area contributed by atoms with Gasteiger partial charge in [-0.2, -0.15) is 5.10 Å². The first-order chi connectivity index (χ1) is 16.1. The van der Waals surface area contributed by atoms with Crippen molar-refractivity contribution in [2.45, 2.75) is 13.1 Å². The lowest BCUT2D eigenvalue weighted by Crippen LogP contribution is -2.02. The molecule has 2 heterocycles. The largest absolute Gasteiger partial charge is 0.497 e. The molecule has 3 aromatic carbocycles. The Morgan fingerprint density at radius 2 is 1.52 bits per heavy atom. The molecule has 7 heteroatoms. The van der Waals surface area contributed by atoms with Crippen molar-refractivity contribution in [1.82, 2.24) is 14.8 Å². The van der Waals surface area contributed by atoms with E-state index in [9.17, 15) is 0 Å². The van der Waals surface area contributed by atoms with E-state index < -0.39 is 0 Å². The van der Waals surface area contributed by atoms with Gasteiger partial charge in [0.25, 0.3) is 0 Å². The van der Waals surface area contributed by atoms with Gasteiger partial charge in [-0.1, -0.05) is 40.2 Å². The molecule has 0 aliphatic heterocycles. The van der Waals surface area contributed by atoms with Crippen LogP contribution in [0.15, 0.2) is 77.4 Å². The predicted molar refractivity (Wildman–Crippen MR) is 135 cm³/mol. The van der Waals surface area contributed by atoms with Crippen molar-refractivity contribution in [3.63, 3.8) is 0 Å². The van der Waals surface area contributed by atoms with E-state index in [2.05, 4.69) is 45.6 Å². The highest BCUT2D eigenvalue weighted by Crippen LogP contribution is 2.31. The molecular formula is C26H23BrN4O2. The summed E-state index contributed by atoms with van der Waals surface area (Å²) >= 11 is 3.56. The van der Waals surface area contributed by atoms with Crippen LogP contribution in [-0.4, -0.2) is 29.0 Å². The van der Waals surface area contributed by atoms with Crippen LogP contribution in [0.4, 0.5) is 5.82 Å². The Morgan fingerprint density at radius 1 is 0.848 bits per heavy atom. The van der Waals surface area contributed by atoms with E-state index in [-0.39, 0.29) is 0 Å². The molecule has 2 aromatic heterocycles. The second-order valence-electron chi connectivity index (χ2n) is 7.76. The molecule has 0 atom stereocenters. The van der Waals surface area contributed by atoms with E-state index in [1.54, 1.807) is 14.2 Å². The first kappa shape index (κ1) is 21.3. The quantitative estimate of drug-likeness (QED) is 0.294. The molecule has 166 valence electrons. The van der Waals surface area contributed by atoms with Crippen LogP contribution in [0.2, 0.25) is 0 Å². The number of pyridine rings is 1. The highest BCUT2D eigenvalue weighted by molar-refractivity contribution is 9.10. The molecule has 0 fully saturated rings. The van der Waals surface area contributed by atoms with E-state index in [1.165, 1.54) is 0 Å². The number of rotatable bonds is 7. The predicted octanol–water partition coefficient (Wildman–Crippen LogP) is 6.02. The van der Waals surface area contributed by atoms with E-state index in [0.717, 1.165) is 54.7 Å². The maximum Gasteiger partial charge on any atom is 0.138 e. The highest BCUT2D eigenvalue weighted by Gasteiger charge is 2.13. The minimum atomic E-state index is 0.648. The molecule has 0 bridgehead atoms. The van der Waals surface area contributed by atoms with Crippen LogP contribution in [0.25, 0.3) is 21.8 Å². The summed E-state index contributed by atoms with van der Waals surface area (Å²) in [7, 11) is 3.34. The number of benzene rings is 3. The minimum Gasteiger partial charge on any atom is -0.497 e. The second-order valence-corrected chi connectivity index (χ2v) is 8.68. The van der Waals surface area contributed by atoms with Crippen molar-refractivity contribution in [2.24, 2.45) is 0 Å². The third kappa shape index (κ3) is 4.50. The summed E-state index contributed by atoms with van der Waals surface area (Å²) in [6, 6.07) is 22.2. The maximum absolute atomic E-state index is 5.27. The molecule has 0 saturated carbocycles. The first-order valence-electron chi connectivity index (χ1n) is 10.6. The molecular weight excluding hydrogens is 480 g/mol. The summed E-state index contributed by atoms with van der Waals surface area (Å²) in [5, 5.41) is 10.4. The van der Waals surface area contributed by atoms with Gasteiger partial charge < -0.3 is 14.8 Å². The van der Waals surface area contributed by atoms with Crippen molar-refractivity contribution < 1.29 is 9.47 Å². The molecule has 6 nitrogen and oxygen atoms in total. The van der Waals surface area contributed by atoms with Gasteiger partial charge in [0.05, 0.1) is 31.7 Å². The summed E-state index contributed by atoms with van der Waals surface area (Å²) in [4.78, 5) is 4.92. The fourth-order valence-electron chi connectivity index (χ4n) is 3.83. The van der Waals surface area contributed by atoms with Gasteiger partial charge in [0.2, 0.25) is 0 Å². The minimum absolute atomic E-state index is 0.648. The topological polar surface area (TPSA) is 61.2 Å². The third-order valence-electron chi connectivity index (χ3n) is 5.59. The summed E-state index contributed by atoms with van der Waals surface area (Å²) < 4.78 is 13.5. The fourth-order valence-corrected chi connectivity index (χ4v) is 4.18. The Kier molecular flexibility index (Phi) is 5.88. The van der Waals surface area contributed by atoms with E-state index in [0.29, 0.717) is 13.1 Å². The number of hydrogen-bond acceptors (Lipinski definition) is 5. The standard InChI is InChI=1S/C26H23BrN4O2/c1-32-20-8-3-17(4-9-20)14-28-26-23-16-31(15-18-5-10-21(33-2)11-6-18)30-25(23)22-12-7-19(27)13-24(22)29-26/h3-13,16H,14-15H2,1-2H3,(H,28,29). The molecule has 0 saturated heterocycles. The highest BCUT2D eigenvalue weighted by atomic mass is 79.9. The Labute approximate surface area is 200 Å². The fraction of sp³-hybridized carbons (Fsp3) is 0.154. The van der Waals surface area contributed by atoms with Crippen LogP contribution in [-0.2, 0) is 13.1 Å². The molecule has 5 aromatic rings. The molecule has 0 unspecified atom stereocenters. The molecule has 0 aliphatic rings. The van der Waals surface area contributed by atoms with Crippen LogP contribution in [0.5, 0.6) is 11.5 Å². The van der Waals surface area contributed by atoms with Crippen LogP contribution in [0.1, 0.15) is 11.1 Å². The van der Waals surface area contributed by atoms with Crippen LogP contribution >= 0.6 is 15.9 Å². The van der Waals surface area contributed by atoms with Crippen molar-refractivity contribution in [3.05, 3.63) is 88.5 Å². The van der Waals surface area contributed by atoms with Gasteiger partial charge in [-0.05, 0) is 53.6 Å². The second kappa shape index (κ2) is 9.11. The number of fused-ring (bicyclic) bond motifs is 3. The lowest BCUT2D eigenvalue weighted by Gasteiger charge is -2.09. The number of aromatic nitrogens is 3. The molecule has 1 N–H and O–H groups in total. The van der Waals surface area contributed by atoms with Gasteiger partial charge in [0.15, 0.2) is 0 Å². The number of halogens is 1. The summed E-state index contributed by atoms with van der Waals surface area (Å²) in [5.41, 5.74) is 4.11. The average molecular weight is 503 g/mol. The third-order valence-corrected chi connectivity index (χ3v) is 6.08. The number of anilines is 1. The van der Waals surface area contributed by atoms with Gasteiger partial charge in [-0.3, -0.25) is 4.68 Å². The Balaban J connectivity index is 1.51. The normalized spacial score (nSPS) is 11.1. The van der Waals surface area contributed by atoms with Gasteiger partial charge in [-0.25, -0.2) is 4.98 Å². The van der Waals surface area contributed by atoms with Crippen molar-refractivity contribution in [1.29, 1.82) is 0 Å². The maximum atomic E-state index is 5.27. The molecule has 0 spiro atoms. The Bertz CT molecular complexity index is 1410. The van der Waals surface area contributed by atoms with Gasteiger partial charge in [-0.15, -0.1) is 0 Å². The van der Waals surface area contributed by atoms with Crippen LogP contribution in [0.3, 0.4) is 0 Å². The van der Waals surface area contributed by atoms with Crippen LogP contribution < -0.4 is 14.8 Å². The number of hydrogen-bond donors (Lipinski definition) is 1. The molecule has 5 rings (SSSR count). The lowest BCUT2D eigenvalue weighted by atomic mass is 10.1. The van der Waals surface area contributed by atoms with E-state index in [4.69, 9.17) is 19.6 Å². The number of nitrogens with one attached hydrogen (secondary N) is 1. The molecule has 0 aliphatic carbocycles. The Morgan fingerprint density at radius 3 is 2.18 bits per heavy atom. The monoisotopic (exact) mass is 502 g/mol. The van der Waals surface area contributed by atoms with Crippen molar-refractivity contribution >= 4 is 43.6 Å². The number of nitrogens with zero attached hydrogens (tertiary/aromatic N) is 3. The molecule has 33 heavy (non-hydrogen) atoms. The Hall–Kier alpha value is -3.58. The number of ether oxygens (including phenoxy) is 2. The van der Waals surface area contributed by atoms with Crippen molar-refractivity contribution in [3.8, 4) is 11.5 Å². The molecule has 0 amide bonds. The van der Waals surface area contributed by atoms with Gasteiger partial charge in [0, 0.05) is 22.6 Å². The summed E-state index contributed by atoms with van der Waals surface area (Å²) in [6.07, 6.45) is 2.06. The average Bonchev–Trinajstić information content (AvgIpc) is 3.27. The smallest absolute Gasteiger partial charge is 0.138 e. The van der Waals surface area contributed by atoms with Crippen molar-refractivity contribution in [2.75, 3.05) is 19.5 Å². The first-order valence-corrected chi connectivity index (χ1v) is 11.4. The SMILES string of the molecule is COc1ccc(CNc2nc3cc(Br)ccc3c3nn(Cc4ccc(OC)cc4)cc23)cc1. The number of methoxy groups -OCH3 is 2. The van der Waals surface area contributed by atoms with Crippen LogP contribution in [0, 0.1) is 0 Å². The van der Waals surface area contributed by atoms with E-state index in [1.807, 2.05) is 53.2 Å².